The van der Waals surface area contributed by atoms with E-state index in [1.54, 1.807) is 0 Å². The Hall–Kier alpha value is -3.93. The third kappa shape index (κ3) is 9.65. The molecule has 0 aromatic heterocycles. The Labute approximate surface area is 306 Å². The van der Waals surface area contributed by atoms with Gasteiger partial charge in [-0.05, 0) is 115 Å². The summed E-state index contributed by atoms with van der Waals surface area (Å²) in [4.78, 5) is 0. The van der Waals surface area contributed by atoms with Crippen LogP contribution in [0.25, 0.3) is 11.1 Å². The number of halogens is 12. The molecule has 4 rings (SSSR count). The maximum atomic E-state index is 14.3. The maximum Gasteiger partial charge on any atom is 0.416 e. The lowest BCUT2D eigenvalue weighted by Gasteiger charge is -2.30. The number of benzene rings is 4. The second-order valence-corrected chi connectivity index (χ2v) is 15.9. The van der Waals surface area contributed by atoms with Gasteiger partial charge in [0, 0.05) is 10.9 Å². The van der Waals surface area contributed by atoms with Gasteiger partial charge in [-0.15, -0.1) is 0 Å². The van der Waals surface area contributed by atoms with Crippen LogP contribution in [0.1, 0.15) is 66.6 Å². The van der Waals surface area contributed by atoms with Gasteiger partial charge in [-0.1, -0.05) is 45.4 Å². The molecule has 0 aliphatic rings. The lowest BCUT2D eigenvalue weighted by atomic mass is 9.85. The third-order valence-corrected chi connectivity index (χ3v) is 10.8. The highest BCUT2D eigenvalue weighted by molar-refractivity contribution is 7.80. The van der Waals surface area contributed by atoms with E-state index in [2.05, 4.69) is 0 Å². The zero-order chi connectivity index (χ0) is 40.7. The molecule has 0 saturated carbocycles. The minimum atomic E-state index is -5.39. The molecular weight excluding hydrogens is 759 g/mol. The number of rotatable bonds is 10. The second-order valence-electron chi connectivity index (χ2n) is 13.7. The Balaban J connectivity index is 2.39. The van der Waals surface area contributed by atoms with Crippen LogP contribution in [0.15, 0.2) is 60.7 Å². The molecule has 294 valence electrons. The Morgan fingerprint density at radius 1 is 0.500 bits per heavy atom. The van der Waals surface area contributed by atoms with Crippen molar-refractivity contribution in [2.24, 2.45) is 11.8 Å². The summed E-state index contributed by atoms with van der Waals surface area (Å²) in [6, 6.07) is 7.36. The molecule has 54 heavy (non-hydrogen) atoms. The first kappa shape index (κ1) is 42.8. The van der Waals surface area contributed by atoms with Crippen LogP contribution in [0.3, 0.4) is 0 Å². The monoisotopic (exact) mass is 796 g/mol. The van der Waals surface area contributed by atoms with Gasteiger partial charge in [-0.3, -0.25) is 0 Å². The lowest BCUT2D eigenvalue weighted by Crippen LogP contribution is -2.28. The summed E-state index contributed by atoms with van der Waals surface area (Å²) in [6.45, 7) is 9.47. The quantitative estimate of drug-likeness (QED) is 0.118. The fourth-order valence-electron chi connectivity index (χ4n) is 6.36. The molecule has 4 aromatic carbocycles. The van der Waals surface area contributed by atoms with Crippen LogP contribution in [-0.4, -0.2) is 14.2 Å². The number of ether oxygens (including phenoxy) is 2. The molecule has 0 bridgehead atoms. The van der Waals surface area contributed by atoms with Gasteiger partial charge in [0.2, 0.25) is 0 Å². The number of aryl methyl sites for hydroxylation is 1. The fourth-order valence-corrected chi connectivity index (χ4v) is 9.08. The Kier molecular flexibility index (Phi) is 12.4. The predicted molar refractivity (Wildman–Crippen MR) is 186 cm³/mol. The molecule has 0 saturated heterocycles. The average Bonchev–Trinajstić information content (AvgIpc) is 3.02. The lowest BCUT2D eigenvalue weighted by molar-refractivity contribution is -0.144. The van der Waals surface area contributed by atoms with Crippen molar-refractivity contribution in [1.82, 2.24) is 0 Å². The van der Waals surface area contributed by atoms with Gasteiger partial charge in [0.1, 0.15) is 11.5 Å². The molecule has 0 aliphatic heterocycles. The fraction of sp³-hybridized carbons (Fsp3) is 0.385. The highest BCUT2D eigenvalue weighted by atomic mass is 31.1. The van der Waals surface area contributed by atoms with Crippen LogP contribution in [0, 0.1) is 18.8 Å². The summed E-state index contributed by atoms with van der Waals surface area (Å²) in [7, 11) is -0.799. The summed E-state index contributed by atoms with van der Waals surface area (Å²) in [6.07, 6.45) is -20.8. The van der Waals surface area contributed by atoms with Crippen LogP contribution in [-0.2, 0) is 37.5 Å². The van der Waals surface area contributed by atoms with Gasteiger partial charge in [0.05, 0.1) is 36.5 Å². The number of alkyl halides is 12. The summed E-state index contributed by atoms with van der Waals surface area (Å²) < 4.78 is 183. The van der Waals surface area contributed by atoms with E-state index in [0.29, 0.717) is 53.8 Å². The van der Waals surface area contributed by atoms with Crippen molar-refractivity contribution in [3.8, 4) is 22.6 Å². The van der Waals surface area contributed by atoms with Gasteiger partial charge in [0.15, 0.2) is 0 Å². The first-order valence-electron chi connectivity index (χ1n) is 16.5. The largest absolute Gasteiger partial charge is 0.496 e. The molecular formula is C39H37F12O2P. The van der Waals surface area contributed by atoms with Crippen molar-refractivity contribution in [3.63, 3.8) is 0 Å². The van der Waals surface area contributed by atoms with E-state index in [1.165, 1.54) is 19.2 Å². The molecule has 15 heteroatoms. The van der Waals surface area contributed by atoms with Gasteiger partial charge in [-0.25, -0.2) is 0 Å². The van der Waals surface area contributed by atoms with Gasteiger partial charge in [0.25, 0.3) is 0 Å². The van der Waals surface area contributed by atoms with Crippen molar-refractivity contribution < 1.29 is 62.2 Å². The minimum absolute atomic E-state index is 0.00497. The highest BCUT2D eigenvalue weighted by Crippen LogP contribution is 2.50. The first-order valence-corrected chi connectivity index (χ1v) is 17.9. The van der Waals surface area contributed by atoms with Crippen LogP contribution >= 0.6 is 7.92 Å². The van der Waals surface area contributed by atoms with Gasteiger partial charge < -0.3 is 9.47 Å². The van der Waals surface area contributed by atoms with Crippen molar-refractivity contribution >= 4 is 23.8 Å². The zero-order valence-corrected chi connectivity index (χ0v) is 31.0. The minimum Gasteiger partial charge on any atom is -0.496 e. The molecule has 0 amide bonds. The first-order chi connectivity index (χ1) is 24.8. The normalized spacial score (nSPS) is 13.0. The summed E-state index contributed by atoms with van der Waals surface area (Å²) in [5.74, 6) is -0.201. The van der Waals surface area contributed by atoms with Crippen LogP contribution in [0.4, 0.5) is 52.7 Å². The molecule has 0 atom stereocenters. The Morgan fingerprint density at radius 3 is 1.13 bits per heavy atom. The van der Waals surface area contributed by atoms with Crippen molar-refractivity contribution in [3.05, 3.63) is 99.6 Å². The standard InChI is InChI=1S/C39H37F12O2P/c1-20(2)10-23-12-22(5)13-24(11-21(3)4)33(23)34-31(52-6)8-9-32(53-7)35(34)54(29-16-25(36(40,41)42)14-26(17-29)37(43,44)45)30-18-27(38(46,47)48)15-28(19-30)39(49,50)51/h8-9,12-21H,10-11H2,1-7H3. The zero-order valence-electron chi connectivity index (χ0n) is 30.1. The molecule has 0 spiro atoms. The Bertz CT molecular complexity index is 1800. The van der Waals surface area contributed by atoms with E-state index in [1.807, 2.05) is 46.8 Å². The number of methoxy groups -OCH3 is 2. The van der Waals surface area contributed by atoms with Crippen molar-refractivity contribution in [2.45, 2.75) is 72.2 Å². The molecule has 0 fully saturated rings. The Morgan fingerprint density at radius 2 is 0.833 bits per heavy atom. The number of hydrogen-bond donors (Lipinski definition) is 0. The molecule has 0 N–H and O–H groups in total. The van der Waals surface area contributed by atoms with E-state index in [0.717, 1.165) is 12.7 Å². The topological polar surface area (TPSA) is 18.5 Å². The van der Waals surface area contributed by atoms with Crippen LogP contribution in [0.2, 0.25) is 0 Å². The molecule has 4 aromatic rings. The van der Waals surface area contributed by atoms with Crippen molar-refractivity contribution in [1.29, 1.82) is 0 Å². The smallest absolute Gasteiger partial charge is 0.416 e. The maximum absolute atomic E-state index is 14.3. The average molecular weight is 797 g/mol. The summed E-state index contributed by atoms with van der Waals surface area (Å²) in [5.41, 5.74) is -4.56. The number of hydrogen-bond acceptors (Lipinski definition) is 2. The molecule has 2 nitrogen and oxygen atoms in total. The van der Waals surface area contributed by atoms with Crippen LogP contribution in [0.5, 0.6) is 11.5 Å². The second kappa shape index (κ2) is 15.7. The van der Waals surface area contributed by atoms with E-state index in [4.69, 9.17) is 9.47 Å². The van der Waals surface area contributed by atoms with Crippen LogP contribution < -0.4 is 25.4 Å². The van der Waals surface area contributed by atoms with Gasteiger partial charge in [-0.2, -0.15) is 52.7 Å². The van der Waals surface area contributed by atoms with E-state index >= 15 is 0 Å². The molecule has 0 aliphatic carbocycles. The van der Waals surface area contributed by atoms with E-state index < -0.39 is 65.5 Å². The van der Waals surface area contributed by atoms with E-state index in [9.17, 15) is 52.7 Å². The van der Waals surface area contributed by atoms with Gasteiger partial charge >= 0.3 is 24.7 Å². The third-order valence-electron chi connectivity index (χ3n) is 8.38. The van der Waals surface area contributed by atoms with Crippen molar-refractivity contribution in [2.75, 3.05) is 14.2 Å². The SMILES string of the molecule is COc1ccc(OC)c(P(c2cc(C(F)(F)F)cc(C(F)(F)F)c2)c2cc(C(F)(F)F)cc(C(F)(F)F)c2)c1-c1c(CC(C)C)cc(C)cc1CC(C)C. The summed E-state index contributed by atoms with van der Waals surface area (Å²) >= 11 is 0. The molecule has 0 heterocycles. The predicted octanol–water partition coefficient (Wildman–Crippen LogP) is 11.9. The van der Waals surface area contributed by atoms with E-state index in [-0.39, 0.29) is 46.3 Å². The molecule has 0 radical (unpaired) electrons. The molecule has 0 unspecified atom stereocenters. The highest BCUT2D eigenvalue weighted by Gasteiger charge is 2.42. The summed E-state index contributed by atoms with van der Waals surface area (Å²) in [5, 5.41) is -1.88.